The van der Waals surface area contributed by atoms with E-state index in [-0.39, 0.29) is 5.91 Å². The molecule has 0 aliphatic carbocycles. The van der Waals surface area contributed by atoms with Crippen molar-refractivity contribution < 1.29 is 18.8 Å². The summed E-state index contributed by atoms with van der Waals surface area (Å²) in [4.78, 5) is 12.7. The van der Waals surface area contributed by atoms with Gasteiger partial charge in [-0.1, -0.05) is 29.8 Å². The van der Waals surface area contributed by atoms with Gasteiger partial charge in [-0.3, -0.25) is 4.79 Å². The van der Waals surface area contributed by atoms with Crippen LogP contribution in [-0.4, -0.2) is 31.3 Å². The van der Waals surface area contributed by atoms with Gasteiger partial charge in [-0.05, 0) is 52.0 Å². The zero-order valence-corrected chi connectivity index (χ0v) is 17.6. The number of hydrogen-bond acceptors (Lipinski definition) is 4. The van der Waals surface area contributed by atoms with Crippen molar-refractivity contribution in [3.8, 4) is 5.75 Å². The molecule has 1 aliphatic heterocycles. The highest BCUT2D eigenvalue weighted by Gasteiger charge is 2.52. The van der Waals surface area contributed by atoms with E-state index in [1.165, 1.54) is 0 Å². The molecule has 1 saturated heterocycles. The second kappa shape index (κ2) is 7.78. The van der Waals surface area contributed by atoms with E-state index in [1.54, 1.807) is 25.3 Å². The molecular formula is C21H25BClNO4. The number of carbonyl (C=O) groups excluding carboxylic acids is 1. The smallest absolute Gasteiger partial charge is 0.496 e. The third kappa shape index (κ3) is 4.04. The predicted octanol–water partition coefficient (Wildman–Crippen LogP) is 3.58. The third-order valence-electron chi connectivity index (χ3n) is 5.40. The summed E-state index contributed by atoms with van der Waals surface area (Å²) in [6.07, 6.45) is 0. The number of rotatable bonds is 5. The van der Waals surface area contributed by atoms with Crippen LogP contribution in [0.1, 0.15) is 43.6 Å². The number of halogens is 1. The van der Waals surface area contributed by atoms with Gasteiger partial charge in [-0.15, -0.1) is 0 Å². The lowest BCUT2D eigenvalue weighted by Crippen LogP contribution is -2.41. The Morgan fingerprint density at radius 1 is 1.11 bits per heavy atom. The largest absolute Gasteiger partial charge is 0.496 e. The number of benzene rings is 2. The zero-order chi connectivity index (χ0) is 20.5. The number of nitrogens with one attached hydrogen (secondary N) is 1. The van der Waals surface area contributed by atoms with Crippen LogP contribution in [0.5, 0.6) is 5.75 Å². The summed E-state index contributed by atoms with van der Waals surface area (Å²) in [7, 11) is 0.982. The molecule has 5 nitrogen and oxygen atoms in total. The van der Waals surface area contributed by atoms with Crippen molar-refractivity contribution in [3.63, 3.8) is 0 Å². The zero-order valence-electron chi connectivity index (χ0n) is 16.8. The van der Waals surface area contributed by atoms with Gasteiger partial charge in [-0.2, -0.15) is 0 Å². The SMILES string of the molecule is COc1ccccc1CNC(=O)c1ccc(Cl)c(B2OC(C)(C)C(C)(C)O2)c1. The van der Waals surface area contributed by atoms with Crippen LogP contribution in [0.2, 0.25) is 5.02 Å². The summed E-state index contributed by atoms with van der Waals surface area (Å²) in [5, 5.41) is 3.42. The van der Waals surface area contributed by atoms with E-state index in [0.717, 1.165) is 11.3 Å². The fraction of sp³-hybridized carbons (Fsp3) is 0.381. The van der Waals surface area contributed by atoms with Crippen molar-refractivity contribution in [2.24, 2.45) is 0 Å². The van der Waals surface area contributed by atoms with Crippen LogP contribution in [0, 0.1) is 0 Å². The highest BCUT2D eigenvalue weighted by Crippen LogP contribution is 2.37. The normalized spacial score (nSPS) is 17.4. The maximum Gasteiger partial charge on any atom is 0.496 e. The molecule has 0 radical (unpaired) electrons. The lowest BCUT2D eigenvalue weighted by Gasteiger charge is -2.32. The van der Waals surface area contributed by atoms with Crippen molar-refractivity contribution in [2.45, 2.75) is 45.4 Å². The molecule has 148 valence electrons. The molecular weight excluding hydrogens is 376 g/mol. The molecule has 1 N–H and O–H groups in total. The number of carbonyl (C=O) groups is 1. The molecule has 0 spiro atoms. The summed E-state index contributed by atoms with van der Waals surface area (Å²) in [5.41, 5.74) is 1.07. The Bertz CT molecular complexity index is 868. The van der Waals surface area contributed by atoms with Crippen LogP contribution >= 0.6 is 11.6 Å². The molecule has 1 heterocycles. The molecule has 7 heteroatoms. The number of methoxy groups -OCH3 is 1. The van der Waals surface area contributed by atoms with E-state index in [1.807, 2.05) is 52.0 Å². The molecule has 3 rings (SSSR count). The fourth-order valence-electron chi connectivity index (χ4n) is 2.96. The monoisotopic (exact) mass is 401 g/mol. The summed E-state index contributed by atoms with van der Waals surface area (Å²) in [6, 6.07) is 12.7. The van der Waals surface area contributed by atoms with Gasteiger partial charge in [0.25, 0.3) is 5.91 Å². The van der Waals surface area contributed by atoms with Gasteiger partial charge in [0.15, 0.2) is 0 Å². The molecule has 0 aromatic heterocycles. The topological polar surface area (TPSA) is 56.8 Å². The van der Waals surface area contributed by atoms with Crippen LogP contribution in [0.4, 0.5) is 0 Å². The molecule has 1 amide bonds. The second-order valence-corrected chi connectivity index (χ2v) is 8.23. The third-order valence-corrected chi connectivity index (χ3v) is 5.74. The van der Waals surface area contributed by atoms with Gasteiger partial charge >= 0.3 is 7.12 Å². The van der Waals surface area contributed by atoms with Crippen LogP contribution in [0.3, 0.4) is 0 Å². The minimum atomic E-state index is -0.625. The van der Waals surface area contributed by atoms with Gasteiger partial charge in [0, 0.05) is 28.2 Å². The Balaban J connectivity index is 1.77. The first-order valence-electron chi connectivity index (χ1n) is 9.20. The predicted molar refractivity (Wildman–Crippen MR) is 111 cm³/mol. The standard InChI is InChI=1S/C21H25BClNO4/c1-20(2)21(3,4)28-22(27-20)16-12-14(10-11-17(16)23)19(25)24-13-15-8-6-7-9-18(15)26-5/h6-12H,13H2,1-5H3,(H,24,25). The number of para-hydroxylation sites is 1. The second-order valence-electron chi connectivity index (χ2n) is 7.82. The molecule has 28 heavy (non-hydrogen) atoms. The van der Waals surface area contributed by atoms with Crippen molar-refractivity contribution >= 4 is 30.1 Å². The maximum atomic E-state index is 12.7. The van der Waals surface area contributed by atoms with Gasteiger partial charge in [0.2, 0.25) is 0 Å². The highest BCUT2D eigenvalue weighted by molar-refractivity contribution is 6.65. The minimum absolute atomic E-state index is 0.208. The molecule has 2 aromatic carbocycles. The first-order chi connectivity index (χ1) is 13.1. The first-order valence-corrected chi connectivity index (χ1v) is 9.57. The van der Waals surface area contributed by atoms with Crippen LogP contribution in [-0.2, 0) is 15.9 Å². The lowest BCUT2D eigenvalue weighted by molar-refractivity contribution is 0.00578. The van der Waals surface area contributed by atoms with E-state index < -0.39 is 18.3 Å². The van der Waals surface area contributed by atoms with Gasteiger partial charge in [-0.25, -0.2) is 0 Å². The summed E-state index contributed by atoms with van der Waals surface area (Å²) in [5.74, 6) is 0.525. The molecule has 1 aliphatic rings. The first kappa shape index (κ1) is 20.7. The Morgan fingerprint density at radius 3 is 2.39 bits per heavy atom. The number of ether oxygens (including phenoxy) is 1. The van der Waals surface area contributed by atoms with E-state index >= 15 is 0 Å². The molecule has 0 bridgehead atoms. The van der Waals surface area contributed by atoms with E-state index in [9.17, 15) is 4.79 Å². The van der Waals surface area contributed by atoms with E-state index in [2.05, 4.69) is 5.32 Å². The molecule has 0 atom stereocenters. The highest BCUT2D eigenvalue weighted by atomic mass is 35.5. The number of hydrogen-bond donors (Lipinski definition) is 1. The Labute approximate surface area is 171 Å². The van der Waals surface area contributed by atoms with Crippen molar-refractivity contribution in [2.75, 3.05) is 7.11 Å². The van der Waals surface area contributed by atoms with Gasteiger partial charge in [0.1, 0.15) is 5.75 Å². The Morgan fingerprint density at radius 2 is 1.75 bits per heavy atom. The Hall–Kier alpha value is -2.02. The van der Waals surface area contributed by atoms with Crippen molar-refractivity contribution in [1.29, 1.82) is 0 Å². The molecule has 1 fully saturated rings. The summed E-state index contributed by atoms with van der Waals surface area (Å²) in [6.45, 7) is 8.27. The minimum Gasteiger partial charge on any atom is -0.496 e. The van der Waals surface area contributed by atoms with E-state index in [0.29, 0.717) is 22.6 Å². The summed E-state index contributed by atoms with van der Waals surface area (Å²) >= 11 is 6.37. The molecule has 0 unspecified atom stereocenters. The molecule has 2 aromatic rings. The summed E-state index contributed by atoms with van der Waals surface area (Å²) < 4.78 is 17.5. The molecule has 0 saturated carbocycles. The quantitative estimate of drug-likeness (QED) is 0.778. The van der Waals surface area contributed by atoms with E-state index in [4.69, 9.17) is 25.6 Å². The van der Waals surface area contributed by atoms with Crippen molar-refractivity contribution in [3.05, 3.63) is 58.6 Å². The average Bonchev–Trinajstić information content (AvgIpc) is 2.87. The lowest BCUT2D eigenvalue weighted by atomic mass is 9.78. The van der Waals surface area contributed by atoms with Gasteiger partial charge < -0.3 is 19.4 Å². The number of amides is 1. The van der Waals surface area contributed by atoms with Crippen LogP contribution in [0.15, 0.2) is 42.5 Å². The maximum absolute atomic E-state index is 12.7. The average molecular weight is 402 g/mol. The van der Waals surface area contributed by atoms with Crippen molar-refractivity contribution in [1.82, 2.24) is 5.32 Å². The Kier molecular flexibility index (Phi) is 5.75. The van der Waals surface area contributed by atoms with Crippen LogP contribution in [0.25, 0.3) is 0 Å². The van der Waals surface area contributed by atoms with Gasteiger partial charge in [0.05, 0.1) is 18.3 Å². The fourth-order valence-corrected chi connectivity index (χ4v) is 3.17. The van der Waals surface area contributed by atoms with Crippen LogP contribution < -0.4 is 15.5 Å².